The van der Waals surface area contributed by atoms with Crippen LogP contribution in [0.2, 0.25) is 0 Å². The molecule has 0 atom stereocenters. The summed E-state index contributed by atoms with van der Waals surface area (Å²) in [5.41, 5.74) is 0. The highest BCUT2D eigenvalue weighted by molar-refractivity contribution is 5.75. The number of hydrogen-bond donors (Lipinski definition) is 0. The summed E-state index contributed by atoms with van der Waals surface area (Å²) >= 11 is 0. The number of ketones is 1. The first-order chi connectivity index (χ1) is 5.70. The minimum Gasteiger partial charge on any atom is -0.303 e. The van der Waals surface area contributed by atoms with E-state index in [4.69, 9.17) is 0 Å². The molecular weight excluding hydrogens is 150 g/mol. The average molecular weight is 171 g/mol. The van der Waals surface area contributed by atoms with Gasteiger partial charge in [0.05, 0.1) is 0 Å². The molecule has 2 nitrogen and oxygen atoms in total. The zero-order valence-corrected chi connectivity index (χ0v) is 8.60. The van der Waals surface area contributed by atoms with Gasteiger partial charge in [-0.2, -0.15) is 0 Å². The topological polar surface area (TPSA) is 20.3 Å². The molecule has 0 spiro atoms. The molecule has 72 valence electrons. The summed E-state index contributed by atoms with van der Waals surface area (Å²) in [6, 6.07) is 0. The van der Waals surface area contributed by atoms with Gasteiger partial charge in [0.15, 0.2) is 0 Å². The molecule has 0 aliphatic heterocycles. The van der Waals surface area contributed by atoms with Crippen LogP contribution >= 0.6 is 0 Å². The molecule has 12 heavy (non-hydrogen) atoms. The molecule has 0 amide bonds. The first kappa shape index (κ1) is 11.6. The molecule has 0 aliphatic rings. The van der Waals surface area contributed by atoms with Gasteiger partial charge < -0.3 is 4.90 Å². The lowest BCUT2D eigenvalue weighted by Crippen LogP contribution is -2.27. The van der Waals surface area contributed by atoms with Gasteiger partial charge in [0.1, 0.15) is 5.78 Å². The molecule has 2 heteroatoms. The fourth-order valence-corrected chi connectivity index (χ4v) is 1.28. The van der Waals surface area contributed by atoms with E-state index in [-0.39, 0.29) is 0 Å². The van der Waals surface area contributed by atoms with Gasteiger partial charge in [0, 0.05) is 13.0 Å². The Hall–Kier alpha value is -0.370. The second-order valence-corrected chi connectivity index (χ2v) is 3.29. The van der Waals surface area contributed by atoms with Crippen LogP contribution < -0.4 is 0 Å². The zero-order valence-electron chi connectivity index (χ0n) is 8.60. The van der Waals surface area contributed by atoms with Gasteiger partial charge in [0.2, 0.25) is 0 Å². The van der Waals surface area contributed by atoms with Crippen LogP contribution in [-0.2, 0) is 4.79 Å². The quantitative estimate of drug-likeness (QED) is 0.584. The van der Waals surface area contributed by atoms with Crippen LogP contribution in [0.25, 0.3) is 0 Å². The fraction of sp³-hybridized carbons (Fsp3) is 0.900. The molecule has 0 aromatic rings. The lowest BCUT2D eigenvalue weighted by atomic mass is 10.2. The van der Waals surface area contributed by atoms with Crippen LogP contribution in [0.5, 0.6) is 0 Å². The van der Waals surface area contributed by atoms with E-state index in [0.717, 1.165) is 19.6 Å². The van der Waals surface area contributed by atoms with Crippen LogP contribution in [0.3, 0.4) is 0 Å². The summed E-state index contributed by atoms with van der Waals surface area (Å²) in [6.07, 6.45) is 3.07. The van der Waals surface area contributed by atoms with Crippen molar-refractivity contribution in [2.24, 2.45) is 0 Å². The highest BCUT2D eigenvalue weighted by Gasteiger charge is 2.02. The summed E-state index contributed by atoms with van der Waals surface area (Å²) in [7, 11) is 0. The predicted molar refractivity (Wildman–Crippen MR) is 52.3 cm³/mol. The van der Waals surface area contributed by atoms with Gasteiger partial charge in [-0.3, -0.25) is 4.79 Å². The van der Waals surface area contributed by atoms with Crippen molar-refractivity contribution in [2.45, 2.75) is 40.0 Å². The third kappa shape index (κ3) is 6.35. The largest absolute Gasteiger partial charge is 0.303 e. The maximum Gasteiger partial charge on any atom is 0.131 e. The molecule has 0 saturated heterocycles. The number of hydrogen-bond acceptors (Lipinski definition) is 2. The first-order valence-electron chi connectivity index (χ1n) is 4.92. The Kier molecular flexibility index (Phi) is 7.06. The normalized spacial score (nSPS) is 10.7. The molecule has 0 radical (unpaired) electrons. The van der Waals surface area contributed by atoms with Crippen molar-refractivity contribution in [2.75, 3.05) is 19.6 Å². The van der Waals surface area contributed by atoms with Crippen molar-refractivity contribution in [1.29, 1.82) is 0 Å². The molecule has 0 aliphatic carbocycles. The van der Waals surface area contributed by atoms with E-state index in [0.29, 0.717) is 12.2 Å². The van der Waals surface area contributed by atoms with E-state index >= 15 is 0 Å². The van der Waals surface area contributed by atoms with E-state index in [9.17, 15) is 4.79 Å². The molecule has 0 unspecified atom stereocenters. The summed E-state index contributed by atoms with van der Waals surface area (Å²) in [5, 5.41) is 0. The maximum atomic E-state index is 10.7. The molecule has 0 aromatic carbocycles. The Morgan fingerprint density at radius 1 is 1.08 bits per heavy atom. The van der Waals surface area contributed by atoms with Crippen molar-refractivity contribution in [3.63, 3.8) is 0 Å². The third-order valence-corrected chi connectivity index (χ3v) is 1.86. The number of carbonyl (C=O) groups is 1. The second kappa shape index (κ2) is 7.29. The van der Waals surface area contributed by atoms with Crippen molar-refractivity contribution >= 4 is 5.78 Å². The lowest BCUT2D eigenvalue weighted by molar-refractivity contribution is -0.117. The van der Waals surface area contributed by atoms with Gasteiger partial charge in [-0.1, -0.05) is 13.8 Å². The van der Waals surface area contributed by atoms with E-state index in [2.05, 4.69) is 18.7 Å². The summed E-state index contributed by atoms with van der Waals surface area (Å²) < 4.78 is 0. The highest BCUT2D eigenvalue weighted by Crippen LogP contribution is 1.96. The number of nitrogens with zero attached hydrogens (tertiary/aromatic N) is 1. The summed E-state index contributed by atoms with van der Waals surface area (Å²) in [5.74, 6) is 0.298. The minimum absolute atomic E-state index is 0.298. The maximum absolute atomic E-state index is 10.7. The molecule has 0 N–H and O–H groups in total. The Bertz CT molecular complexity index is 117. The summed E-state index contributed by atoms with van der Waals surface area (Å²) in [6.45, 7) is 9.21. The van der Waals surface area contributed by atoms with Gasteiger partial charge in [0.25, 0.3) is 0 Å². The van der Waals surface area contributed by atoms with Crippen molar-refractivity contribution in [3.05, 3.63) is 0 Å². The number of rotatable bonds is 7. The van der Waals surface area contributed by atoms with Gasteiger partial charge >= 0.3 is 0 Å². The van der Waals surface area contributed by atoms with E-state index in [1.54, 1.807) is 6.92 Å². The second-order valence-electron chi connectivity index (χ2n) is 3.29. The van der Waals surface area contributed by atoms with Gasteiger partial charge in [-0.15, -0.1) is 0 Å². The van der Waals surface area contributed by atoms with Crippen LogP contribution in [0.1, 0.15) is 40.0 Å². The molecule has 0 aromatic heterocycles. The SMILES string of the molecule is CCCN(CCC)CCC(C)=O. The molecular formula is C10H21NO. The van der Waals surface area contributed by atoms with Crippen molar-refractivity contribution < 1.29 is 4.79 Å². The van der Waals surface area contributed by atoms with Gasteiger partial charge in [-0.05, 0) is 32.9 Å². The van der Waals surface area contributed by atoms with Gasteiger partial charge in [-0.25, -0.2) is 0 Å². The zero-order chi connectivity index (χ0) is 9.40. The Morgan fingerprint density at radius 2 is 1.58 bits per heavy atom. The predicted octanol–water partition coefficient (Wildman–Crippen LogP) is 2.09. The minimum atomic E-state index is 0.298. The number of carbonyl (C=O) groups excluding carboxylic acids is 1. The molecule has 0 saturated carbocycles. The Labute approximate surface area is 75.9 Å². The smallest absolute Gasteiger partial charge is 0.131 e. The molecule has 0 rings (SSSR count). The van der Waals surface area contributed by atoms with E-state index < -0.39 is 0 Å². The third-order valence-electron chi connectivity index (χ3n) is 1.86. The van der Waals surface area contributed by atoms with Crippen molar-refractivity contribution in [3.8, 4) is 0 Å². The van der Waals surface area contributed by atoms with Crippen LogP contribution in [0.4, 0.5) is 0 Å². The van der Waals surface area contributed by atoms with Crippen LogP contribution in [-0.4, -0.2) is 30.3 Å². The Balaban J connectivity index is 3.54. The first-order valence-corrected chi connectivity index (χ1v) is 4.92. The fourth-order valence-electron chi connectivity index (χ4n) is 1.28. The van der Waals surface area contributed by atoms with E-state index in [1.807, 2.05) is 0 Å². The van der Waals surface area contributed by atoms with Crippen LogP contribution in [0.15, 0.2) is 0 Å². The highest BCUT2D eigenvalue weighted by atomic mass is 16.1. The van der Waals surface area contributed by atoms with Crippen molar-refractivity contribution in [1.82, 2.24) is 4.90 Å². The van der Waals surface area contributed by atoms with Crippen LogP contribution in [0, 0.1) is 0 Å². The number of Topliss-reactive ketones (excluding diaryl/α,β-unsaturated/α-hetero) is 1. The Morgan fingerprint density at radius 3 is 1.92 bits per heavy atom. The monoisotopic (exact) mass is 171 g/mol. The standard InChI is InChI=1S/C10H21NO/c1-4-7-11(8-5-2)9-6-10(3)12/h4-9H2,1-3H3. The van der Waals surface area contributed by atoms with E-state index in [1.165, 1.54) is 12.8 Å². The summed E-state index contributed by atoms with van der Waals surface area (Å²) in [4.78, 5) is 13.1. The molecule has 0 fully saturated rings. The lowest BCUT2D eigenvalue weighted by Gasteiger charge is -2.19. The molecule has 0 heterocycles. The molecule has 0 bridgehead atoms. The average Bonchev–Trinajstić information content (AvgIpc) is 2.01.